The third-order valence-electron chi connectivity index (χ3n) is 0.991. The molecule has 0 aromatic carbocycles. The molecule has 2 heteroatoms. The van der Waals surface area contributed by atoms with Crippen molar-refractivity contribution in [2.75, 3.05) is 0 Å². The van der Waals surface area contributed by atoms with Gasteiger partial charge >= 0.3 is 0 Å². The molecule has 1 heterocycles. The van der Waals surface area contributed by atoms with Crippen LogP contribution in [0.4, 0.5) is 0 Å². The molecule has 68 valence electrons. The molecule has 0 atom stereocenters. The van der Waals surface area contributed by atoms with Gasteiger partial charge in [-0.2, -0.15) is 0 Å². The van der Waals surface area contributed by atoms with E-state index < -0.39 is 0 Å². The van der Waals surface area contributed by atoms with Gasteiger partial charge in [0, 0.05) is 25.0 Å². The van der Waals surface area contributed by atoms with Crippen molar-refractivity contribution in [3.05, 3.63) is 24.0 Å². The third-order valence-corrected chi connectivity index (χ3v) is 0.991. The smallest absolute Gasteiger partial charge is 0.151 e. The molecule has 0 N–H and O–H groups in total. The molecule has 0 radical (unpaired) electrons. The Labute approximate surface area is 74.2 Å². The number of carbonyl (C=O) groups excluding carboxylic acids is 1. The first-order chi connectivity index (χ1) is 5.56. The Kier molecular flexibility index (Phi) is 5.09. The lowest BCUT2D eigenvalue weighted by Crippen LogP contribution is -1.78. The Morgan fingerprint density at radius 1 is 1.42 bits per heavy atom. The Morgan fingerprint density at radius 3 is 2.08 bits per heavy atom. The third kappa shape index (κ3) is 5.71. The van der Waals surface area contributed by atoms with Gasteiger partial charge < -0.3 is 4.57 Å². The minimum Gasteiger partial charge on any atom is -0.357 e. The minimum atomic E-state index is 0.729. The van der Waals surface area contributed by atoms with E-state index in [1.807, 2.05) is 17.8 Å². The van der Waals surface area contributed by atoms with Gasteiger partial charge in [0.05, 0.1) is 0 Å². The lowest BCUT2D eigenvalue weighted by Gasteiger charge is -1.80. The highest BCUT2D eigenvalue weighted by Crippen LogP contribution is 1.92. The summed E-state index contributed by atoms with van der Waals surface area (Å²) in [6.07, 6.45) is 4.44. The van der Waals surface area contributed by atoms with Crippen LogP contribution < -0.4 is 0 Å². The van der Waals surface area contributed by atoms with Crippen molar-refractivity contribution in [2.45, 2.75) is 20.8 Å². The van der Waals surface area contributed by atoms with Crippen LogP contribution in [0.3, 0.4) is 0 Å². The summed E-state index contributed by atoms with van der Waals surface area (Å²) in [4.78, 5) is 10.0. The molecule has 1 aromatic heterocycles. The molecule has 1 aromatic rings. The van der Waals surface area contributed by atoms with Crippen molar-refractivity contribution in [3.8, 4) is 0 Å². The maximum atomic E-state index is 10.0. The van der Waals surface area contributed by atoms with Gasteiger partial charge in [-0.3, -0.25) is 4.79 Å². The number of rotatable bonds is 1. The van der Waals surface area contributed by atoms with Crippen LogP contribution in [0.1, 0.15) is 31.1 Å². The molecule has 12 heavy (non-hydrogen) atoms. The van der Waals surface area contributed by atoms with Crippen molar-refractivity contribution >= 4 is 6.29 Å². The molecular weight excluding hydrogens is 150 g/mol. The zero-order valence-electron chi connectivity index (χ0n) is 8.24. The number of carbonyl (C=O) groups is 1. The molecule has 0 unspecified atom stereocenters. The van der Waals surface area contributed by atoms with Crippen LogP contribution in [0, 0.1) is 5.92 Å². The second-order valence-electron chi connectivity index (χ2n) is 3.46. The van der Waals surface area contributed by atoms with Gasteiger partial charge in [0.2, 0.25) is 0 Å². The molecule has 0 amide bonds. The molecule has 0 aliphatic heterocycles. The van der Waals surface area contributed by atoms with Crippen LogP contribution in [0.2, 0.25) is 0 Å². The molecule has 0 saturated carbocycles. The maximum Gasteiger partial charge on any atom is 0.151 e. The van der Waals surface area contributed by atoms with Crippen LogP contribution in [-0.2, 0) is 7.05 Å². The van der Waals surface area contributed by atoms with Crippen molar-refractivity contribution in [1.29, 1.82) is 0 Å². The number of hydrogen-bond acceptors (Lipinski definition) is 1. The molecule has 0 aliphatic carbocycles. The summed E-state index contributed by atoms with van der Waals surface area (Å²) in [7, 11) is 1.88. The number of aryl methyl sites for hydroxylation is 1. The normalized spacial score (nSPS) is 9.08. The Morgan fingerprint density at radius 2 is 1.92 bits per heavy atom. The van der Waals surface area contributed by atoms with Crippen LogP contribution in [0.5, 0.6) is 0 Å². The van der Waals surface area contributed by atoms with E-state index in [0.717, 1.165) is 17.8 Å². The van der Waals surface area contributed by atoms with Crippen LogP contribution in [-0.4, -0.2) is 10.9 Å². The first-order valence-corrected chi connectivity index (χ1v) is 4.13. The number of nitrogens with zero attached hydrogens (tertiary/aromatic N) is 1. The van der Waals surface area contributed by atoms with E-state index in [1.54, 1.807) is 12.3 Å². The summed E-state index contributed by atoms with van der Waals surface area (Å²) in [5.41, 5.74) is 0.729. The van der Waals surface area contributed by atoms with Crippen LogP contribution in [0.15, 0.2) is 18.5 Å². The zero-order valence-corrected chi connectivity index (χ0v) is 8.24. The van der Waals surface area contributed by atoms with E-state index in [4.69, 9.17) is 0 Å². The summed E-state index contributed by atoms with van der Waals surface area (Å²) in [5.74, 6) is 0.833. The van der Waals surface area contributed by atoms with Gasteiger partial charge in [-0.25, -0.2) is 0 Å². The molecule has 0 saturated heterocycles. The summed E-state index contributed by atoms with van der Waals surface area (Å²) >= 11 is 0. The van der Waals surface area contributed by atoms with Gasteiger partial charge in [-0.1, -0.05) is 20.8 Å². The Balaban J connectivity index is 0.000000261. The largest absolute Gasteiger partial charge is 0.357 e. The summed E-state index contributed by atoms with van der Waals surface area (Å²) in [6, 6.07) is 1.77. The van der Waals surface area contributed by atoms with Gasteiger partial charge in [-0.15, -0.1) is 0 Å². The quantitative estimate of drug-likeness (QED) is 0.589. The molecule has 0 aliphatic rings. The number of aromatic nitrogens is 1. The lowest BCUT2D eigenvalue weighted by atomic mass is 10.3. The zero-order chi connectivity index (χ0) is 9.56. The second kappa shape index (κ2) is 5.58. The highest BCUT2D eigenvalue weighted by atomic mass is 16.1. The fourth-order valence-corrected chi connectivity index (χ4v) is 0.595. The van der Waals surface area contributed by atoms with Crippen molar-refractivity contribution in [3.63, 3.8) is 0 Å². The summed E-state index contributed by atoms with van der Waals surface area (Å²) < 4.78 is 1.84. The first-order valence-electron chi connectivity index (χ1n) is 4.13. The number of aldehydes is 1. The highest BCUT2D eigenvalue weighted by Gasteiger charge is 1.86. The predicted octanol–water partition coefficient (Wildman–Crippen LogP) is 2.50. The topological polar surface area (TPSA) is 22.0 Å². The molecule has 0 fully saturated rings. The Hall–Kier alpha value is -1.05. The van der Waals surface area contributed by atoms with E-state index in [1.165, 1.54) is 0 Å². The average molecular weight is 167 g/mol. The van der Waals surface area contributed by atoms with Crippen molar-refractivity contribution in [2.24, 2.45) is 13.0 Å². The second-order valence-corrected chi connectivity index (χ2v) is 3.46. The van der Waals surface area contributed by atoms with Gasteiger partial charge in [0.15, 0.2) is 6.29 Å². The molecule has 1 rings (SSSR count). The van der Waals surface area contributed by atoms with Gasteiger partial charge in [0.1, 0.15) is 0 Å². The molecule has 0 spiro atoms. The van der Waals surface area contributed by atoms with Crippen molar-refractivity contribution < 1.29 is 4.79 Å². The van der Waals surface area contributed by atoms with Gasteiger partial charge in [0.25, 0.3) is 0 Å². The maximum absolute atomic E-state index is 10.0. The lowest BCUT2D eigenvalue weighted by molar-refractivity contribution is 0.112. The standard InChI is InChI=1S/C6H7NO.C4H10/c1-7-3-2-6(4-7)5-8;1-4(2)3/h2-5H,1H3;4H,1-3H3. The number of hydrogen-bond donors (Lipinski definition) is 0. The van der Waals surface area contributed by atoms with Crippen LogP contribution >= 0.6 is 0 Å². The monoisotopic (exact) mass is 167 g/mol. The van der Waals surface area contributed by atoms with E-state index in [0.29, 0.717) is 0 Å². The van der Waals surface area contributed by atoms with Crippen molar-refractivity contribution in [1.82, 2.24) is 4.57 Å². The van der Waals surface area contributed by atoms with Gasteiger partial charge in [-0.05, 0) is 12.0 Å². The van der Waals surface area contributed by atoms with E-state index >= 15 is 0 Å². The summed E-state index contributed by atoms with van der Waals surface area (Å²) in [5, 5.41) is 0. The fraction of sp³-hybridized carbons (Fsp3) is 0.500. The molecule has 0 bridgehead atoms. The molecular formula is C10H17NO. The summed E-state index contributed by atoms with van der Waals surface area (Å²) in [6.45, 7) is 6.50. The average Bonchev–Trinajstić information content (AvgIpc) is 2.34. The SMILES string of the molecule is CC(C)C.Cn1ccc(C=O)c1. The highest BCUT2D eigenvalue weighted by molar-refractivity contribution is 5.74. The minimum absolute atomic E-state index is 0.729. The van der Waals surface area contributed by atoms with E-state index in [2.05, 4.69) is 20.8 Å². The fourth-order valence-electron chi connectivity index (χ4n) is 0.595. The van der Waals surface area contributed by atoms with Crippen LogP contribution in [0.25, 0.3) is 0 Å². The predicted molar refractivity (Wildman–Crippen MR) is 51.3 cm³/mol. The Bertz CT molecular complexity index is 223. The van der Waals surface area contributed by atoms with E-state index in [-0.39, 0.29) is 0 Å². The van der Waals surface area contributed by atoms with E-state index in [9.17, 15) is 4.79 Å². The molecule has 2 nitrogen and oxygen atoms in total. The first kappa shape index (κ1) is 11.0.